The molecular weight excluding hydrogens is 242 g/mol. The molecule has 94 valence electrons. The van der Waals surface area contributed by atoms with Crippen molar-refractivity contribution in [2.24, 2.45) is 0 Å². The smallest absolute Gasteiger partial charge is 0.156 e. The van der Waals surface area contributed by atoms with E-state index in [1.165, 1.54) is 18.6 Å². The fraction of sp³-hybridized carbons (Fsp3) is 0.429. The molecule has 0 bridgehead atoms. The first-order chi connectivity index (χ1) is 8.77. The summed E-state index contributed by atoms with van der Waals surface area (Å²) < 4.78 is 0.346. The predicted molar refractivity (Wildman–Crippen MR) is 78.1 cm³/mol. The number of hydrogen-bond acceptors (Lipinski definition) is 4. The largest absolute Gasteiger partial charge is 0.367 e. The third-order valence-corrected chi connectivity index (χ3v) is 5.04. The Morgan fingerprint density at radius 3 is 3.11 bits per heavy atom. The molecule has 1 unspecified atom stereocenters. The normalized spacial score (nSPS) is 23.4. The van der Waals surface area contributed by atoms with Crippen LogP contribution < -0.4 is 5.32 Å². The van der Waals surface area contributed by atoms with Gasteiger partial charge in [-0.3, -0.25) is 0 Å². The van der Waals surface area contributed by atoms with Crippen LogP contribution in [-0.2, 0) is 0 Å². The zero-order valence-corrected chi connectivity index (χ0v) is 11.3. The van der Waals surface area contributed by atoms with Crippen LogP contribution in [0.25, 0.3) is 10.8 Å². The highest BCUT2D eigenvalue weighted by atomic mass is 32.2. The Hall–Kier alpha value is -1.29. The molecule has 1 aliphatic rings. The van der Waals surface area contributed by atoms with Crippen molar-refractivity contribution in [3.8, 4) is 0 Å². The molecule has 1 aromatic carbocycles. The van der Waals surface area contributed by atoms with E-state index in [0.717, 1.165) is 23.1 Å². The van der Waals surface area contributed by atoms with Crippen molar-refractivity contribution in [3.05, 3.63) is 30.5 Å². The first-order valence-electron chi connectivity index (χ1n) is 6.35. The maximum absolute atomic E-state index is 4.23. The van der Waals surface area contributed by atoms with Gasteiger partial charge in [0.1, 0.15) is 0 Å². The summed E-state index contributed by atoms with van der Waals surface area (Å²) >= 11 is 2.06. The number of benzene rings is 1. The van der Waals surface area contributed by atoms with Crippen LogP contribution in [0.15, 0.2) is 30.5 Å². The van der Waals surface area contributed by atoms with E-state index < -0.39 is 0 Å². The van der Waals surface area contributed by atoms with E-state index >= 15 is 0 Å². The quantitative estimate of drug-likeness (QED) is 0.917. The number of rotatable bonds is 3. The highest BCUT2D eigenvalue weighted by Gasteiger charge is 2.29. The molecular formula is C14H17N3S. The molecule has 1 aromatic heterocycles. The molecule has 0 amide bonds. The SMILES string of the molecule is CC1(CNc2nncc3ccccc23)CCCS1. The van der Waals surface area contributed by atoms with Gasteiger partial charge in [-0.1, -0.05) is 24.3 Å². The summed E-state index contributed by atoms with van der Waals surface area (Å²) in [5.41, 5.74) is 0. The minimum atomic E-state index is 0.346. The fourth-order valence-corrected chi connectivity index (χ4v) is 3.65. The number of nitrogens with zero attached hydrogens (tertiary/aromatic N) is 2. The van der Waals surface area contributed by atoms with Gasteiger partial charge in [-0.25, -0.2) is 0 Å². The Morgan fingerprint density at radius 1 is 1.39 bits per heavy atom. The first kappa shape index (κ1) is 11.8. The Labute approximate surface area is 111 Å². The van der Waals surface area contributed by atoms with E-state index in [1.54, 1.807) is 0 Å². The molecule has 0 saturated carbocycles. The van der Waals surface area contributed by atoms with Gasteiger partial charge >= 0.3 is 0 Å². The topological polar surface area (TPSA) is 37.8 Å². The van der Waals surface area contributed by atoms with Crippen molar-refractivity contribution in [1.82, 2.24) is 10.2 Å². The summed E-state index contributed by atoms with van der Waals surface area (Å²) in [6.07, 6.45) is 4.42. The molecule has 2 heterocycles. The number of aromatic nitrogens is 2. The van der Waals surface area contributed by atoms with E-state index in [1.807, 2.05) is 18.3 Å². The minimum Gasteiger partial charge on any atom is -0.367 e. The molecule has 0 aliphatic carbocycles. The van der Waals surface area contributed by atoms with Gasteiger partial charge in [-0.05, 0) is 25.5 Å². The Kier molecular flexibility index (Phi) is 3.12. The molecule has 4 heteroatoms. The van der Waals surface area contributed by atoms with Crippen LogP contribution in [0.5, 0.6) is 0 Å². The van der Waals surface area contributed by atoms with Crippen molar-refractivity contribution in [2.45, 2.75) is 24.5 Å². The average Bonchev–Trinajstić information content (AvgIpc) is 2.84. The van der Waals surface area contributed by atoms with E-state index in [0.29, 0.717) is 4.75 Å². The molecule has 18 heavy (non-hydrogen) atoms. The second kappa shape index (κ2) is 4.76. The van der Waals surface area contributed by atoms with Crippen molar-refractivity contribution in [1.29, 1.82) is 0 Å². The van der Waals surface area contributed by atoms with Crippen molar-refractivity contribution in [2.75, 3.05) is 17.6 Å². The van der Waals surface area contributed by atoms with Crippen LogP contribution >= 0.6 is 11.8 Å². The van der Waals surface area contributed by atoms with Crippen LogP contribution in [0.3, 0.4) is 0 Å². The summed E-state index contributed by atoms with van der Waals surface area (Å²) in [5.74, 6) is 2.18. The number of fused-ring (bicyclic) bond motifs is 1. The third-order valence-electron chi connectivity index (χ3n) is 3.50. The summed E-state index contributed by atoms with van der Waals surface area (Å²) in [5, 5.41) is 14.1. The predicted octanol–water partition coefficient (Wildman–Crippen LogP) is 3.33. The van der Waals surface area contributed by atoms with Crippen LogP contribution in [0, 0.1) is 0 Å². The molecule has 3 rings (SSSR count). The van der Waals surface area contributed by atoms with Gasteiger partial charge in [0, 0.05) is 22.1 Å². The average molecular weight is 259 g/mol. The lowest BCUT2D eigenvalue weighted by Gasteiger charge is -2.23. The molecule has 1 fully saturated rings. The van der Waals surface area contributed by atoms with Crippen LogP contribution in [0.4, 0.5) is 5.82 Å². The number of thioether (sulfide) groups is 1. The van der Waals surface area contributed by atoms with Crippen molar-refractivity contribution in [3.63, 3.8) is 0 Å². The molecule has 1 aliphatic heterocycles. The van der Waals surface area contributed by atoms with Crippen LogP contribution in [-0.4, -0.2) is 27.2 Å². The minimum absolute atomic E-state index is 0.346. The second-order valence-electron chi connectivity index (χ2n) is 5.04. The zero-order chi connectivity index (χ0) is 12.4. The number of hydrogen-bond donors (Lipinski definition) is 1. The summed E-state index contributed by atoms with van der Waals surface area (Å²) in [7, 11) is 0. The lowest BCUT2D eigenvalue weighted by atomic mass is 10.1. The van der Waals surface area contributed by atoms with Gasteiger partial charge in [-0.15, -0.1) is 5.10 Å². The zero-order valence-electron chi connectivity index (χ0n) is 10.5. The molecule has 1 saturated heterocycles. The maximum atomic E-state index is 4.23. The second-order valence-corrected chi connectivity index (χ2v) is 6.72. The van der Waals surface area contributed by atoms with Gasteiger partial charge in [0.05, 0.1) is 6.20 Å². The van der Waals surface area contributed by atoms with E-state index in [4.69, 9.17) is 0 Å². The van der Waals surface area contributed by atoms with E-state index in [2.05, 4.69) is 46.3 Å². The third kappa shape index (κ3) is 2.29. The lowest BCUT2D eigenvalue weighted by Crippen LogP contribution is -2.27. The number of nitrogens with one attached hydrogen (secondary N) is 1. The van der Waals surface area contributed by atoms with Crippen molar-refractivity contribution >= 4 is 28.4 Å². The Morgan fingerprint density at radius 2 is 2.28 bits per heavy atom. The Bertz CT molecular complexity index is 544. The highest BCUT2D eigenvalue weighted by Crippen LogP contribution is 2.37. The lowest BCUT2D eigenvalue weighted by molar-refractivity contribution is 0.633. The van der Waals surface area contributed by atoms with Gasteiger partial charge in [0.25, 0.3) is 0 Å². The summed E-state index contributed by atoms with van der Waals surface area (Å²) in [6, 6.07) is 8.24. The fourth-order valence-electron chi connectivity index (χ4n) is 2.41. The van der Waals surface area contributed by atoms with Crippen molar-refractivity contribution < 1.29 is 0 Å². The standard InChI is InChI=1S/C14H17N3S/c1-14(7-4-8-18-14)10-15-13-12-6-3-2-5-11(12)9-16-17-13/h2-3,5-6,9H,4,7-8,10H2,1H3,(H,15,17). The molecule has 0 radical (unpaired) electrons. The maximum Gasteiger partial charge on any atom is 0.156 e. The van der Waals surface area contributed by atoms with E-state index in [9.17, 15) is 0 Å². The van der Waals surface area contributed by atoms with Gasteiger partial charge < -0.3 is 5.32 Å². The molecule has 3 nitrogen and oxygen atoms in total. The highest BCUT2D eigenvalue weighted by molar-refractivity contribution is 8.00. The molecule has 2 aromatic rings. The Balaban J connectivity index is 1.82. The van der Waals surface area contributed by atoms with Crippen LogP contribution in [0.1, 0.15) is 19.8 Å². The molecule has 1 N–H and O–H groups in total. The molecule has 0 spiro atoms. The van der Waals surface area contributed by atoms with E-state index in [-0.39, 0.29) is 0 Å². The van der Waals surface area contributed by atoms with Gasteiger partial charge in [-0.2, -0.15) is 16.9 Å². The van der Waals surface area contributed by atoms with Crippen LogP contribution in [0.2, 0.25) is 0 Å². The van der Waals surface area contributed by atoms with Gasteiger partial charge in [0.15, 0.2) is 5.82 Å². The summed E-state index contributed by atoms with van der Waals surface area (Å²) in [6.45, 7) is 3.29. The first-order valence-corrected chi connectivity index (χ1v) is 7.34. The van der Waals surface area contributed by atoms with Gasteiger partial charge in [0.2, 0.25) is 0 Å². The molecule has 1 atom stereocenters. The number of anilines is 1. The monoisotopic (exact) mass is 259 g/mol. The summed E-state index contributed by atoms with van der Waals surface area (Å²) in [4.78, 5) is 0.